The summed E-state index contributed by atoms with van der Waals surface area (Å²) in [5, 5.41) is 7.85. The monoisotopic (exact) mass is 333 g/mol. The highest BCUT2D eigenvalue weighted by Gasteiger charge is 2.16. The van der Waals surface area contributed by atoms with E-state index in [0.717, 1.165) is 42.1 Å². The van der Waals surface area contributed by atoms with E-state index < -0.39 is 10.8 Å². The fourth-order valence-electron chi connectivity index (χ4n) is 2.82. The van der Waals surface area contributed by atoms with E-state index >= 15 is 0 Å². The first kappa shape index (κ1) is 16.2. The van der Waals surface area contributed by atoms with Crippen molar-refractivity contribution in [3.8, 4) is 0 Å². The molecule has 124 valence electrons. The second-order valence-electron chi connectivity index (χ2n) is 5.98. The van der Waals surface area contributed by atoms with Crippen molar-refractivity contribution in [1.82, 2.24) is 9.78 Å². The molecule has 3 unspecified atom stereocenters. The van der Waals surface area contributed by atoms with E-state index in [1.54, 1.807) is 6.26 Å². The highest BCUT2D eigenvalue weighted by Crippen LogP contribution is 2.21. The molecule has 0 amide bonds. The number of nitrogens with one attached hydrogen (secondary N) is 1. The van der Waals surface area contributed by atoms with Gasteiger partial charge in [0.15, 0.2) is 0 Å². The van der Waals surface area contributed by atoms with Crippen LogP contribution in [-0.4, -0.2) is 33.0 Å². The van der Waals surface area contributed by atoms with E-state index in [-0.39, 0.29) is 6.04 Å². The lowest BCUT2D eigenvalue weighted by atomic mass is 10.1. The summed E-state index contributed by atoms with van der Waals surface area (Å²) in [7, 11) is -0.933. The average molecular weight is 333 g/mol. The summed E-state index contributed by atoms with van der Waals surface area (Å²) in [6, 6.07) is 8.04. The Morgan fingerprint density at radius 1 is 1.43 bits per heavy atom. The summed E-state index contributed by atoms with van der Waals surface area (Å²) in [4.78, 5) is 0.852. The van der Waals surface area contributed by atoms with Crippen LogP contribution in [0.5, 0.6) is 0 Å². The van der Waals surface area contributed by atoms with E-state index in [9.17, 15) is 4.21 Å². The van der Waals surface area contributed by atoms with Gasteiger partial charge in [0.25, 0.3) is 0 Å². The van der Waals surface area contributed by atoms with Crippen LogP contribution in [0.4, 0.5) is 5.69 Å². The Kier molecular flexibility index (Phi) is 5.13. The molecular weight excluding hydrogens is 310 g/mol. The summed E-state index contributed by atoms with van der Waals surface area (Å²) in [5.74, 6) is 0. The smallest absolute Gasteiger partial charge is 0.0771 e. The first-order chi connectivity index (χ1) is 11.1. The fraction of sp³-hybridized carbons (Fsp3) is 0.471. The third-order valence-electron chi connectivity index (χ3n) is 4.14. The molecule has 6 heteroatoms. The molecule has 23 heavy (non-hydrogen) atoms. The van der Waals surface area contributed by atoms with Gasteiger partial charge in [-0.05, 0) is 37.5 Å². The molecule has 1 saturated heterocycles. The standard InChI is InChI=1S/C17H23N3O2S/c1-13(14-5-7-17(8-6-14)23(2)21)19-15-10-18-20(11-15)12-16-4-3-9-22-16/h5-8,10-11,13,16,19H,3-4,9,12H2,1-2H3. The minimum absolute atomic E-state index is 0.162. The fourth-order valence-corrected chi connectivity index (χ4v) is 3.34. The minimum Gasteiger partial charge on any atom is -0.376 e. The molecule has 3 atom stereocenters. The van der Waals surface area contributed by atoms with Crippen molar-refractivity contribution >= 4 is 16.5 Å². The third kappa shape index (κ3) is 4.20. The second-order valence-corrected chi connectivity index (χ2v) is 7.35. The van der Waals surface area contributed by atoms with Gasteiger partial charge in [0.1, 0.15) is 0 Å². The van der Waals surface area contributed by atoms with E-state index in [2.05, 4.69) is 17.3 Å². The summed E-state index contributed by atoms with van der Waals surface area (Å²) in [5.41, 5.74) is 2.16. The third-order valence-corrected chi connectivity index (χ3v) is 5.08. The largest absolute Gasteiger partial charge is 0.376 e. The number of ether oxygens (including phenoxy) is 1. The maximum absolute atomic E-state index is 11.4. The first-order valence-electron chi connectivity index (χ1n) is 7.96. The molecule has 1 fully saturated rings. The Hall–Kier alpha value is -1.66. The van der Waals surface area contributed by atoms with Gasteiger partial charge in [-0.1, -0.05) is 12.1 Å². The lowest BCUT2D eigenvalue weighted by Gasteiger charge is -2.14. The van der Waals surface area contributed by atoms with Gasteiger partial charge in [0.2, 0.25) is 0 Å². The summed E-state index contributed by atoms with van der Waals surface area (Å²) < 4.78 is 19.0. The van der Waals surface area contributed by atoms with Crippen LogP contribution >= 0.6 is 0 Å². The average Bonchev–Trinajstić information content (AvgIpc) is 3.20. The zero-order chi connectivity index (χ0) is 16.2. The van der Waals surface area contributed by atoms with Crippen LogP contribution < -0.4 is 5.32 Å². The van der Waals surface area contributed by atoms with Crippen molar-refractivity contribution in [3.63, 3.8) is 0 Å². The van der Waals surface area contributed by atoms with E-state index in [1.165, 1.54) is 0 Å². The molecule has 1 aromatic heterocycles. The van der Waals surface area contributed by atoms with Gasteiger partial charge in [-0.25, -0.2) is 0 Å². The number of nitrogens with zero attached hydrogens (tertiary/aromatic N) is 2. The Bertz CT molecular complexity index is 663. The summed E-state index contributed by atoms with van der Waals surface area (Å²) >= 11 is 0. The van der Waals surface area contributed by atoms with E-state index in [1.807, 2.05) is 41.3 Å². The topological polar surface area (TPSA) is 56.1 Å². The maximum atomic E-state index is 11.4. The van der Waals surface area contributed by atoms with Crippen LogP contribution in [0, 0.1) is 0 Å². The minimum atomic E-state index is -0.933. The molecular formula is C17H23N3O2S. The molecule has 3 rings (SSSR count). The Balaban J connectivity index is 1.59. The molecule has 0 spiro atoms. The number of rotatable bonds is 6. The molecule has 1 N–H and O–H groups in total. The first-order valence-corrected chi connectivity index (χ1v) is 9.51. The van der Waals surface area contributed by atoms with E-state index in [4.69, 9.17) is 4.74 Å². The predicted molar refractivity (Wildman–Crippen MR) is 92.0 cm³/mol. The zero-order valence-electron chi connectivity index (χ0n) is 13.6. The Labute approximate surface area is 139 Å². The van der Waals surface area contributed by atoms with E-state index in [0.29, 0.717) is 6.10 Å². The molecule has 0 radical (unpaired) electrons. The highest BCUT2D eigenvalue weighted by molar-refractivity contribution is 7.84. The SMILES string of the molecule is CC(Nc1cnn(CC2CCCO2)c1)c1ccc(S(C)=O)cc1. The molecule has 0 saturated carbocycles. The molecule has 1 aromatic carbocycles. The zero-order valence-corrected chi connectivity index (χ0v) is 14.4. The Morgan fingerprint density at radius 3 is 2.87 bits per heavy atom. The van der Waals surface area contributed by atoms with Crippen molar-refractivity contribution in [2.75, 3.05) is 18.2 Å². The van der Waals surface area contributed by atoms with Crippen LogP contribution in [-0.2, 0) is 22.1 Å². The molecule has 1 aliphatic rings. The summed E-state index contributed by atoms with van der Waals surface area (Å²) in [6.45, 7) is 3.79. The number of anilines is 1. The van der Waals surface area contributed by atoms with Crippen molar-refractivity contribution in [2.45, 2.75) is 43.4 Å². The van der Waals surface area contributed by atoms with Crippen molar-refractivity contribution in [1.29, 1.82) is 0 Å². The highest BCUT2D eigenvalue weighted by atomic mass is 32.2. The second kappa shape index (κ2) is 7.27. The molecule has 2 aromatic rings. The van der Waals surface area contributed by atoms with Gasteiger partial charge in [-0.2, -0.15) is 5.10 Å². The van der Waals surface area contributed by atoms with Crippen molar-refractivity contribution in [2.24, 2.45) is 0 Å². The normalized spacial score (nSPS) is 20.3. The number of benzene rings is 1. The van der Waals surface area contributed by atoms with Gasteiger partial charge in [0.05, 0.1) is 24.5 Å². The van der Waals surface area contributed by atoms with Gasteiger partial charge >= 0.3 is 0 Å². The molecule has 1 aliphatic heterocycles. The molecule has 0 aliphatic carbocycles. The van der Waals surface area contributed by atoms with Crippen LogP contribution in [0.1, 0.15) is 31.4 Å². The van der Waals surface area contributed by atoms with Crippen molar-refractivity contribution < 1.29 is 8.95 Å². The van der Waals surface area contributed by atoms with Gasteiger partial charge < -0.3 is 10.1 Å². The predicted octanol–water partition coefficient (Wildman–Crippen LogP) is 2.97. The van der Waals surface area contributed by atoms with Crippen molar-refractivity contribution in [3.05, 3.63) is 42.2 Å². The van der Waals surface area contributed by atoms with Gasteiger partial charge in [-0.3, -0.25) is 8.89 Å². The number of hydrogen-bond donors (Lipinski definition) is 1. The quantitative estimate of drug-likeness (QED) is 0.883. The molecule has 5 nitrogen and oxygen atoms in total. The number of hydrogen-bond acceptors (Lipinski definition) is 4. The van der Waals surface area contributed by atoms with Crippen LogP contribution in [0.2, 0.25) is 0 Å². The number of aromatic nitrogens is 2. The van der Waals surface area contributed by atoms with Gasteiger partial charge in [0, 0.05) is 40.8 Å². The maximum Gasteiger partial charge on any atom is 0.0771 e. The van der Waals surface area contributed by atoms with Gasteiger partial charge in [-0.15, -0.1) is 0 Å². The lowest BCUT2D eigenvalue weighted by Crippen LogP contribution is -2.15. The molecule has 0 bridgehead atoms. The van der Waals surface area contributed by atoms with Crippen LogP contribution in [0.3, 0.4) is 0 Å². The molecule has 2 heterocycles. The van der Waals surface area contributed by atoms with Crippen LogP contribution in [0.15, 0.2) is 41.6 Å². The Morgan fingerprint density at radius 2 is 2.22 bits per heavy atom. The lowest BCUT2D eigenvalue weighted by molar-refractivity contribution is 0.0940. The summed E-state index contributed by atoms with van der Waals surface area (Å²) in [6.07, 6.45) is 8.12. The van der Waals surface area contributed by atoms with Crippen LogP contribution in [0.25, 0.3) is 0 Å².